The zero-order valence-corrected chi connectivity index (χ0v) is 13.3. The fraction of sp³-hybridized carbons (Fsp3) is 0.250. The first-order valence-corrected chi connectivity index (χ1v) is 9.34. The first-order valence-electron chi connectivity index (χ1n) is 6.42. The van der Waals surface area contributed by atoms with Gasteiger partial charge in [-0.1, -0.05) is 60.7 Å². The molecule has 0 unspecified atom stereocenters. The van der Waals surface area contributed by atoms with Gasteiger partial charge in [-0.3, -0.25) is 0 Å². The highest BCUT2D eigenvalue weighted by atomic mass is 35.6. The standard InChI is InChI=1S/C16H19ClOSi/c1-16(2,3)18-19(17,14-10-6-4-7-11-14)15-12-8-5-9-13-15/h4-13H,1-3H3. The lowest BCUT2D eigenvalue weighted by atomic mass is 10.2. The Morgan fingerprint density at radius 2 is 1.16 bits per heavy atom. The SMILES string of the molecule is CC(C)(C)O[Si](Cl)(c1ccccc1)c1ccccc1. The van der Waals surface area contributed by atoms with Crippen molar-refractivity contribution in [3.05, 3.63) is 60.7 Å². The number of halogens is 1. The molecule has 0 heterocycles. The van der Waals surface area contributed by atoms with Gasteiger partial charge in [-0.15, -0.1) is 11.1 Å². The van der Waals surface area contributed by atoms with Crippen molar-refractivity contribution in [3.8, 4) is 0 Å². The number of benzene rings is 2. The van der Waals surface area contributed by atoms with Crippen LogP contribution < -0.4 is 10.4 Å². The van der Waals surface area contributed by atoms with Crippen LogP contribution >= 0.6 is 11.1 Å². The van der Waals surface area contributed by atoms with E-state index < -0.39 is 7.63 Å². The van der Waals surface area contributed by atoms with Crippen LogP contribution in [0.2, 0.25) is 0 Å². The Morgan fingerprint density at radius 3 is 1.47 bits per heavy atom. The molecule has 0 aliphatic heterocycles. The number of hydrogen-bond acceptors (Lipinski definition) is 1. The lowest BCUT2D eigenvalue weighted by Gasteiger charge is -2.33. The van der Waals surface area contributed by atoms with E-state index in [9.17, 15) is 0 Å². The van der Waals surface area contributed by atoms with Crippen LogP contribution in [0.15, 0.2) is 60.7 Å². The van der Waals surface area contributed by atoms with Crippen LogP contribution in [0.1, 0.15) is 20.8 Å². The van der Waals surface area contributed by atoms with Crippen molar-refractivity contribution < 1.29 is 4.43 Å². The molecular weight excluding hydrogens is 272 g/mol. The average molecular weight is 291 g/mol. The minimum Gasteiger partial charge on any atom is -0.392 e. The third-order valence-electron chi connectivity index (χ3n) is 2.74. The topological polar surface area (TPSA) is 9.23 Å². The molecule has 19 heavy (non-hydrogen) atoms. The second-order valence-corrected chi connectivity index (χ2v) is 9.69. The maximum Gasteiger partial charge on any atom is 0.355 e. The minimum atomic E-state index is -2.66. The van der Waals surface area contributed by atoms with E-state index in [0.717, 1.165) is 10.4 Å². The molecule has 2 rings (SSSR count). The predicted molar refractivity (Wildman–Crippen MR) is 84.6 cm³/mol. The van der Waals surface area contributed by atoms with E-state index in [-0.39, 0.29) is 5.60 Å². The first kappa shape index (κ1) is 14.3. The Kier molecular flexibility index (Phi) is 4.14. The highest BCUT2D eigenvalue weighted by Crippen LogP contribution is 2.20. The lowest BCUT2D eigenvalue weighted by molar-refractivity contribution is 0.132. The second kappa shape index (κ2) is 5.49. The maximum absolute atomic E-state index is 6.99. The summed E-state index contributed by atoms with van der Waals surface area (Å²) in [6.07, 6.45) is 0. The Balaban J connectivity index is 2.51. The van der Waals surface area contributed by atoms with Gasteiger partial charge >= 0.3 is 7.63 Å². The smallest absolute Gasteiger partial charge is 0.355 e. The van der Waals surface area contributed by atoms with Crippen molar-refractivity contribution in [1.29, 1.82) is 0 Å². The molecule has 0 atom stereocenters. The van der Waals surface area contributed by atoms with E-state index in [2.05, 4.69) is 24.3 Å². The quantitative estimate of drug-likeness (QED) is 0.623. The molecule has 0 saturated heterocycles. The van der Waals surface area contributed by atoms with Crippen LogP contribution in [0, 0.1) is 0 Å². The van der Waals surface area contributed by atoms with Crippen LogP contribution in [-0.2, 0) is 4.43 Å². The molecule has 0 fully saturated rings. The molecule has 0 amide bonds. The molecule has 0 spiro atoms. The van der Waals surface area contributed by atoms with E-state index in [4.69, 9.17) is 15.5 Å². The van der Waals surface area contributed by atoms with Crippen LogP contribution in [0.5, 0.6) is 0 Å². The van der Waals surface area contributed by atoms with Crippen molar-refractivity contribution in [2.45, 2.75) is 26.4 Å². The number of hydrogen-bond donors (Lipinski definition) is 0. The predicted octanol–water partition coefficient (Wildman–Crippen LogP) is 3.30. The van der Waals surface area contributed by atoms with Gasteiger partial charge in [0.25, 0.3) is 0 Å². The summed E-state index contributed by atoms with van der Waals surface area (Å²) in [6.45, 7) is 6.13. The molecule has 1 nitrogen and oxygen atoms in total. The zero-order valence-electron chi connectivity index (χ0n) is 11.6. The fourth-order valence-electron chi connectivity index (χ4n) is 2.01. The van der Waals surface area contributed by atoms with Gasteiger partial charge in [-0.2, -0.15) is 0 Å². The molecule has 2 aromatic carbocycles. The van der Waals surface area contributed by atoms with Crippen molar-refractivity contribution in [2.75, 3.05) is 0 Å². The second-order valence-electron chi connectivity index (χ2n) is 5.54. The largest absolute Gasteiger partial charge is 0.392 e. The van der Waals surface area contributed by atoms with Gasteiger partial charge in [0.2, 0.25) is 0 Å². The van der Waals surface area contributed by atoms with E-state index >= 15 is 0 Å². The summed E-state index contributed by atoms with van der Waals surface area (Å²) in [5.74, 6) is 0. The third-order valence-corrected chi connectivity index (χ3v) is 7.32. The van der Waals surface area contributed by atoms with Gasteiger partial charge in [0.05, 0.1) is 0 Å². The molecule has 100 valence electrons. The Bertz CT molecular complexity index is 480. The summed E-state index contributed by atoms with van der Waals surface area (Å²) in [7, 11) is -2.66. The fourth-order valence-corrected chi connectivity index (χ4v) is 6.12. The summed E-state index contributed by atoms with van der Waals surface area (Å²) in [5.41, 5.74) is -0.278. The van der Waals surface area contributed by atoms with Crippen LogP contribution in [0.3, 0.4) is 0 Å². The maximum atomic E-state index is 6.99. The normalized spacial score (nSPS) is 12.4. The van der Waals surface area contributed by atoms with Crippen molar-refractivity contribution in [1.82, 2.24) is 0 Å². The first-order chi connectivity index (χ1) is 8.92. The van der Waals surface area contributed by atoms with Crippen molar-refractivity contribution in [2.24, 2.45) is 0 Å². The van der Waals surface area contributed by atoms with Gasteiger partial charge in [-0.25, -0.2) is 0 Å². The molecule has 0 saturated carbocycles. The van der Waals surface area contributed by atoms with E-state index in [1.165, 1.54) is 0 Å². The highest BCUT2D eigenvalue weighted by molar-refractivity contribution is 7.30. The Labute approximate surface area is 121 Å². The molecule has 0 radical (unpaired) electrons. The third kappa shape index (κ3) is 3.47. The van der Waals surface area contributed by atoms with E-state index in [1.54, 1.807) is 0 Å². The van der Waals surface area contributed by atoms with E-state index in [1.807, 2.05) is 57.2 Å². The van der Waals surface area contributed by atoms with Crippen LogP contribution in [0.4, 0.5) is 0 Å². The molecule has 0 N–H and O–H groups in total. The van der Waals surface area contributed by atoms with Gasteiger partial charge in [0, 0.05) is 5.60 Å². The van der Waals surface area contributed by atoms with E-state index in [0.29, 0.717) is 0 Å². The molecule has 3 heteroatoms. The Hall–Kier alpha value is -1.09. The average Bonchev–Trinajstić information content (AvgIpc) is 2.39. The molecular formula is C16H19ClOSi. The molecule has 0 aliphatic rings. The molecule has 0 aliphatic carbocycles. The van der Waals surface area contributed by atoms with Crippen molar-refractivity contribution in [3.63, 3.8) is 0 Å². The van der Waals surface area contributed by atoms with Crippen molar-refractivity contribution >= 4 is 29.1 Å². The summed E-state index contributed by atoms with van der Waals surface area (Å²) in [5, 5.41) is 2.16. The lowest BCUT2D eigenvalue weighted by Crippen LogP contribution is -2.59. The molecule has 0 aromatic heterocycles. The van der Waals surface area contributed by atoms with Gasteiger partial charge in [0.15, 0.2) is 0 Å². The van der Waals surface area contributed by atoms with Crippen LogP contribution in [0.25, 0.3) is 0 Å². The highest BCUT2D eigenvalue weighted by Gasteiger charge is 2.41. The van der Waals surface area contributed by atoms with Crippen LogP contribution in [-0.4, -0.2) is 13.2 Å². The molecule has 0 bridgehead atoms. The molecule has 2 aromatic rings. The summed E-state index contributed by atoms with van der Waals surface area (Å²) in [6, 6.07) is 20.2. The van der Waals surface area contributed by atoms with Gasteiger partial charge < -0.3 is 4.43 Å². The summed E-state index contributed by atoms with van der Waals surface area (Å²) in [4.78, 5) is 0. The monoisotopic (exact) mass is 290 g/mol. The van der Waals surface area contributed by atoms with Gasteiger partial charge in [-0.05, 0) is 31.1 Å². The minimum absolute atomic E-state index is 0.278. The summed E-state index contributed by atoms with van der Waals surface area (Å²) >= 11 is 6.99. The Morgan fingerprint density at radius 1 is 0.789 bits per heavy atom. The van der Waals surface area contributed by atoms with Gasteiger partial charge in [0.1, 0.15) is 0 Å². The number of rotatable bonds is 3. The summed E-state index contributed by atoms with van der Waals surface area (Å²) < 4.78 is 6.30. The zero-order chi connectivity index (χ0) is 13.9.